The quantitative estimate of drug-likeness (QED) is 0.801. The van der Waals surface area contributed by atoms with E-state index in [0.717, 1.165) is 24.0 Å². The zero-order valence-electron chi connectivity index (χ0n) is 12.0. The summed E-state index contributed by atoms with van der Waals surface area (Å²) >= 11 is 3.49. The van der Waals surface area contributed by atoms with Crippen LogP contribution in [-0.2, 0) is 0 Å². The van der Waals surface area contributed by atoms with Gasteiger partial charge < -0.3 is 10.8 Å². The first-order chi connectivity index (χ1) is 9.70. The van der Waals surface area contributed by atoms with Gasteiger partial charge in [-0.1, -0.05) is 40.9 Å². The molecule has 1 aliphatic carbocycles. The molecule has 0 bridgehead atoms. The first kappa shape index (κ1) is 16.0. The van der Waals surface area contributed by atoms with Crippen LogP contribution in [-0.4, -0.2) is 35.7 Å². The molecule has 0 aromatic heterocycles. The minimum Gasteiger partial charge on any atom is -0.395 e. The Morgan fingerprint density at radius 1 is 1.30 bits per heavy atom. The first-order valence-corrected chi connectivity index (χ1v) is 8.36. The van der Waals surface area contributed by atoms with Crippen LogP contribution < -0.4 is 5.73 Å². The Hall–Kier alpha value is -0.420. The maximum Gasteiger partial charge on any atom is 0.0558 e. The molecule has 0 saturated heterocycles. The summed E-state index contributed by atoms with van der Waals surface area (Å²) in [5.74, 6) is 0. The average Bonchev–Trinajstić information content (AvgIpc) is 2.97. The predicted molar refractivity (Wildman–Crippen MR) is 86.6 cm³/mol. The highest BCUT2D eigenvalue weighted by Crippen LogP contribution is 2.25. The minimum absolute atomic E-state index is 0.0649. The molecule has 1 aromatic carbocycles. The Morgan fingerprint density at radius 2 is 2.05 bits per heavy atom. The van der Waals surface area contributed by atoms with Crippen LogP contribution in [0.25, 0.3) is 0 Å². The summed E-state index contributed by atoms with van der Waals surface area (Å²) < 4.78 is 1.08. The highest BCUT2D eigenvalue weighted by molar-refractivity contribution is 9.10. The molecule has 4 heteroatoms. The Kier molecular flexibility index (Phi) is 6.49. The van der Waals surface area contributed by atoms with Gasteiger partial charge in [-0.05, 0) is 37.0 Å². The van der Waals surface area contributed by atoms with Crippen molar-refractivity contribution in [3.8, 4) is 0 Å². The van der Waals surface area contributed by atoms with Crippen molar-refractivity contribution in [3.63, 3.8) is 0 Å². The summed E-state index contributed by atoms with van der Waals surface area (Å²) in [6, 6.07) is 8.94. The topological polar surface area (TPSA) is 49.5 Å². The molecule has 3 nitrogen and oxygen atoms in total. The molecule has 3 N–H and O–H groups in total. The van der Waals surface area contributed by atoms with Crippen molar-refractivity contribution in [1.29, 1.82) is 0 Å². The summed E-state index contributed by atoms with van der Waals surface area (Å²) in [5, 5.41) is 9.24. The van der Waals surface area contributed by atoms with E-state index in [1.165, 1.54) is 31.2 Å². The second kappa shape index (κ2) is 8.13. The Labute approximate surface area is 130 Å². The zero-order chi connectivity index (χ0) is 14.4. The monoisotopic (exact) mass is 340 g/mol. The van der Waals surface area contributed by atoms with Crippen LogP contribution in [0.2, 0.25) is 0 Å². The second-order valence-electron chi connectivity index (χ2n) is 5.65. The number of benzene rings is 1. The molecule has 0 heterocycles. The normalized spacial score (nSPS) is 17.8. The lowest BCUT2D eigenvalue weighted by molar-refractivity contribution is 0.147. The lowest BCUT2D eigenvalue weighted by Gasteiger charge is -2.29. The van der Waals surface area contributed by atoms with Crippen LogP contribution in [0.5, 0.6) is 0 Å². The Bertz CT molecular complexity index is 407. The van der Waals surface area contributed by atoms with Crippen LogP contribution in [0.4, 0.5) is 0 Å². The lowest BCUT2D eigenvalue weighted by Crippen LogP contribution is -2.37. The standard InChI is InChI=1S/C16H25BrN2O/c17-14-5-3-4-13(12-14)16(18)8-9-19(10-11-20)15-6-1-2-7-15/h3-5,12,15-16,20H,1-2,6-11,18H2. The van der Waals surface area contributed by atoms with Gasteiger partial charge in [0.1, 0.15) is 0 Å². The van der Waals surface area contributed by atoms with Gasteiger partial charge in [0, 0.05) is 29.6 Å². The van der Waals surface area contributed by atoms with Gasteiger partial charge in [-0.2, -0.15) is 0 Å². The molecular formula is C16H25BrN2O. The molecule has 0 amide bonds. The van der Waals surface area contributed by atoms with E-state index in [9.17, 15) is 5.11 Å². The van der Waals surface area contributed by atoms with Gasteiger partial charge in [0.15, 0.2) is 0 Å². The predicted octanol–water partition coefficient (Wildman–Crippen LogP) is 3.08. The van der Waals surface area contributed by atoms with E-state index in [2.05, 4.69) is 33.0 Å². The Balaban J connectivity index is 1.87. The van der Waals surface area contributed by atoms with E-state index in [1.807, 2.05) is 12.1 Å². The number of halogens is 1. The third kappa shape index (κ3) is 4.55. The van der Waals surface area contributed by atoms with E-state index in [-0.39, 0.29) is 12.6 Å². The molecule has 1 unspecified atom stereocenters. The molecular weight excluding hydrogens is 316 g/mol. The van der Waals surface area contributed by atoms with Crippen LogP contribution in [0.15, 0.2) is 28.7 Å². The van der Waals surface area contributed by atoms with Crippen molar-refractivity contribution in [3.05, 3.63) is 34.3 Å². The number of hydrogen-bond donors (Lipinski definition) is 2. The highest BCUT2D eigenvalue weighted by atomic mass is 79.9. The smallest absolute Gasteiger partial charge is 0.0558 e. The second-order valence-corrected chi connectivity index (χ2v) is 6.56. The molecule has 0 radical (unpaired) electrons. The van der Waals surface area contributed by atoms with Crippen LogP contribution in [0.3, 0.4) is 0 Å². The van der Waals surface area contributed by atoms with E-state index >= 15 is 0 Å². The van der Waals surface area contributed by atoms with Crippen LogP contribution >= 0.6 is 15.9 Å². The fourth-order valence-corrected chi connectivity index (χ4v) is 3.50. The molecule has 1 atom stereocenters. The summed E-state index contributed by atoms with van der Waals surface area (Å²) in [6.45, 7) is 1.98. The van der Waals surface area contributed by atoms with Crippen molar-refractivity contribution < 1.29 is 5.11 Å². The number of rotatable bonds is 7. The fourth-order valence-electron chi connectivity index (χ4n) is 3.08. The van der Waals surface area contributed by atoms with Gasteiger partial charge in [0.05, 0.1) is 6.61 Å². The van der Waals surface area contributed by atoms with Crippen LogP contribution in [0.1, 0.15) is 43.7 Å². The highest BCUT2D eigenvalue weighted by Gasteiger charge is 2.22. The fraction of sp³-hybridized carbons (Fsp3) is 0.625. The first-order valence-electron chi connectivity index (χ1n) is 7.56. The van der Waals surface area contributed by atoms with Crippen molar-refractivity contribution in [2.24, 2.45) is 5.73 Å². The van der Waals surface area contributed by atoms with Gasteiger partial charge >= 0.3 is 0 Å². The molecule has 2 rings (SSSR count). The molecule has 0 aliphatic heterocycles. The SMILES string of the molecule is NC(CCN(CCO)C1CCCC1)c1cccc(Br)c1. The van der Waals surface area contributed by atoms with E-state index in [4.69, 9.17) is 5.73 Å². The molecule has 1 fully saturated rings. The maximum absolute atomic E-state index is 9.24. The van der Waals surface area contributed by atoms with Crippen molar-refractivity contribution in [2.75, 3.05) is 19.7 Å². The third-order valence-corrected chi connectivity index (χ3v) is 4.73. The van der Waals surface area contributed by atoms with Gasteiger partial charge in [-0.15, -0.1) is 0 Å². The summed E-state index contributed by atoms with van der Waals surface area (Å²) in [4.78, 5) is 2.42. The number of aliphatic hydroxyl groups is 1. The zero-order valence-corrected chi connectivity index (χ0v) is 13.6. The summed E-state index contributed by atoms with van der Waals surface area (Å²) in [6.07, 6.45) is 6.12. The number of nitrogens with two attached hydrogens (primary N) is 1. The van der Waals surface area contributed by atoms with Crippen molar-refractivity contribution >= 4 is 15.9 Å². The van der Waals surface area contributed by atoms with Gasteiger partial charge in [-0.3, -0.25) is 4.90 Å². The van der Waals surface area contributed by atoms with Gasteiger partial charge in [0.2, 0.25) is 0 Å². The van der Waals surface area contributed by atoms with Gasteiger partial charge in [-0.25, -0.2) is 0 Å². The lowest BCUT2D eigenvalue weighted by atomic mass is 10.0. The van der Waals surface area contributed by atoms with Crippen LogP contribution in [0, 0.1) is 0 Å². The molecule has 1 saturated carbocycles. The van der Waals surface area contributed by atoms with E-state index < -0.39 is 0 Å². The largest absolute Gasteiger partial charge is 0.395 e. The molecule has 20 heavy (non-hydrogen) atoms. The van der Waals surface area contributed by atoms with Crippen molar-refractivity contribution in [2.45, 2.75) is 44.2 Å². The summed E-state index contributed by atoms with van der Waals surface area (Å²) in [7, 11) is 0. The van der Waals surface area contributed by atoms with E-state index in [0.29, 0.717) is 6.04 Å². The number of aliphatic hydroxyl groups excluding tert-OH is 1. The Morgan fingerprint density at radius 3 is 2.70 bits per heavy atom. The van der Waals surface area contributed by atoms with E-state index in [1.54, 1.807) is 0 Å². The van der Waals surface area contributed by atoms with Crippen molar-refractivity contribution in [1.82, 2.24) is 4.90 Å². The third-order valence-electron chi connectivity index (χ3n) is 4.23. The number of nitrogens with zero attached hydrogens (tertiary/aromatic N) is 1. The summed E-state index contributed by atoms with van der Waals surface area (Å²) in [5.41, 5.74) is 7.47. The van der Waals surface area contributed by atoms with Gasteiger partial charge in [0.25, 0.3) is 0 Å². The average molecular weight is 341 g/mol. The molecule has 112 valence electrons. The minimum atomic E-state index is 0.0649. The molecule has 0 spiro atoms. The molecule has 1 aromatic rings. The maximum atomic E-state index is 9.24. The molecule has 1 aliphatic rings. The number of hydrogen-bond acceptors (Lipinski definition) is 3.